The van der Waals surface area contributed by atoms with Crippen molar-refractivity contribution in [1.82, 2.24) is 4.90 Å². The van der Waals surface area contributed by atoms with E-state index in [0.717, 1.165) is 47.6 Å². The van der Waals surface area contributed by atoms with Gasteiger partial charge in [-0.3, -0.25) is 0 Å². The molecule has 1 unspecified atom stereocenters. The molecule has 0 amide bonds. The molecule has 1 aliphatic rings. The largest absolute Gasteiger partial charge is 0.494 e. The molecule has 146 valence electrons. The summed E-state index contributed by atoms with van der Waals surface area (Å²) in [5, 5.41) is 10.3. The number of ether oxygens (including phenoxy) is 1. The molecule has 1 atom stereocenters. The van der Waals surface area contributed by atoms with Crippen molar-refractivity contribution in [3.8, 4) is 11.7 Å². The highest BCUT2D eigenvalue weighted by molar-refractivity contribution is 9.10. The Morgan fingerprint density at radius 3 is 2.82 bits per heavy atom. The molecule has 0 N–H and O–H groups in total. The Hall–Kier alpha value is -1.13. The summed E-state index contributed by atoms with van der Waals surface area (Å²) < 4.78 is 7.11. The van der Waals surface area contributed by atoms with E-state index in [0.29, 0.717) is 6.61 Å². The highest BCUT2D eigenvalue weighted by Gasteiger charge is 2.33. The van der Waals surface area contributed by atoms with Crippen LogP contribution in [-0.2, 0) is 6.42 Å². The molecule has 2 aromatic carbocycles. The summed E-state index contributed by atoms with van der Waals surface area (Å²) in [4.78, 5) is 3.66. The Kier molecular flexibility index (Phi) is 8.17. The average molecular weight is 478 g/mol. The Morgan fingerprint density at radius 1 is 1.32 bits per heavy atom. The Labute approximate surface area is 185 Å². The fourth-order valence-electron chi connectivity index (χ4n) is 3.54. The molecule has 0 bridgehead atoms. The van der Waals surface area contributed by atoms with Crippen LogP contribution in [0.1, 0.15) is 5.56 Å². The van der Waals surface area contributed by atoms with Gasteiger partial charge in [-0.1, -0.05) is 27.5 Å². The van der Waals surface area contributed by atoms with Crippen LogP contribution in [0.5, 0.6) is 5.75 Å². The third-order valence-electron chi connectivity index (χ3n) is 5.21. The van der Waals surface area contributed by atoms with E-state index < -0.39 is 0 Å². The topological polar surface area (TPSA) is 36.3 Å². The molecule has 2 aromatic rings. The molecular weight excluding hydrogens is 454 g/mol. The van der Waals surface area contributed by atoms with Gasteiger partial charge in [0.05, 0.1) is 6.61 Å². The summed E-state index contributed by atoms with van der Waals surface area (Å²) in [7, 11) is 0. The van der Waals surface area contributed by atoms with Crippen LogP contribution in [0.25, 0.3) is 0 Å². The van der Waals surface area contributed by atoms with Crippen LogP contribution in [-0.4, -0.2) is 44.1 Å². The molecular formula is C21H23BBrClN2OS. The van der Waals surface area contributed by atoms with Crippen LogP contribution in [0.15, 0.2) is 51.8 Å². The van der Waals surface area contributed by atoms with Crippen molar-refractivity contribution in [3.05, 3.63) is 57.5 Å². The van der Waals surface area contributed by atoms with E-state index in [1.807, 2.05) is 30.3 Å². The van der Waals surface area contributed by atoms with Crippen molar-refractivity contribution in [3.63, 3.8) is 0 Å². The highest BCUT2D eigenvalue weighted by atomic mass is 79.9. The van der Waals surface area contributed by atoms with Gasteiger partial charge >= 0.3 is 0 Å². The molecule has 7 heteroatoms. The number of nitriles is 1. The molecule has 1 saturated heterocycles. The van der Waals surface area contributed by atoms with Crippen LogP contribution in [0, 0.1) is 11.2 Å². The predicted octanol–water partition coefficient (Wildman–Crippen LogP) is 5.69. The first kappa shape index (κ1) is 21.6. The smallest absolute Gasteiger partial charge is 0.276 e. The van der Waals surface area contributed by atoms with Crippen molar-refractivity contribution < 1.29 is 4.74 Å². The average Bonchev–Trinajstić information content (AvgIpc) is 2.73. The van der Waals surface area contributed by atoms with Crippen LogP contribution < -0.4 is 4.74 Å². The molecule has 0 spiro atoms. The number of benzene rings is 2. The van der Waals surface area contributed by atoms with E-state index in [1.165, 1.54) is 10.5 Å². The molecule has 1 aliphatic heterocycles. The van der Waals surface area contributed by atoms with Crippen LogP contribution in [0.2, 0.25) is 17.2 Å². The molecule has 1 fully saturated rings. The lowest BCUT2D eigenvalue weighted by Crippen LogP contribution is -2.44. The summed E-state index contributed by atoms with van der Waals surface area (Å²) >= 11 is 11.5. The molecule has 0 aromatic heterocycles. The van der Waals surface area contributed by atoms with Gasteiger partial charge in [0.2, 0.25) is 0 Å². The third-order valence-corrected chi connectivity index (χ3v) is 6.96. The highest BCUT2D eigenvalue weighted by Crippen LogP contribution is 2.26. The van der Waals surface area contributed by atoms with E-state index in [4.69, 9.17) is 16.3 Å². The van der Waals surface area contributed by atoms with Gasteiger partial charge in [0.1, 0.15) is 5.75 Å². The van der Waals surface area contributed by atoms with Gasteiger partial charge in [-0.15, -0.1) is 11.8 Å². The Morgan fingerprint density at radius 2 is 2.11 bits per heavy atom. The zero-order valence-corrected chi connectivity index (χ0v) is 19.1. The van der Waals surface area contributed by atoms with Gasteiger partial charge in [-0.25, -0.2) is 5.26 Å². The second kappa shape index (κ2) is 10.6. The van der Waals surface area contributed by atoms with Crippen LogP contribution in [0.3, 0.4) is 0 Å². The maximum absolute atomic E-state index is 9.54. The summed E-state index contributed by atoms with van der Waals surface area (Å²) in [5.74, 6) is 3.58. The van der Waals surface area contributed by atoms with Gasteiger partial charge in [-0.05, 0) is 85.9 Å². The maximum atomic E-state index is 9.54. The number of thioether (sulfide) groups is 1. The minimum absolute atomic E-state index is 0.0552. The van der Waals surface area contributed by atoms with E-state index in [-0.39, 0.29) is 12.5 Å². The van der Waals surface area contributed by atoms with Crippen molar-refractivity contribution in [2.24, 2.45) is 0 Å². The lowest BCUT2D eigenvalue weighted by atomic mass is 9.39. The normalized spacial score (nSPS) is 17.4. The molecule has 0 saturated carbocycles. The quantitative estimate of drug-likeness (QED) is 0.379. The molecule has 28 heavy (non-hydrogen) atoms. The van der Waals surface area contributed by atoms with E-state index in [9.17, 15) is 5.26 Å². The number of rotatable bonds is 7. The van der Waals surface area contributed by atoms with E-state index in [2.05, 4.69) is 45.2 Å². The van der Waals surface area contributed by atoms with Crippen molar-refractivity contribution in [2.45, 2.75) is 23.5 Å². The van der Waals surface area contributed by atoms with Crippen molar-refractivity contribution in [2.75, 3.05) is 32.5 Å². The third kappa shape index (κ3) is 5.94. The standard InChI is InChI=1S/C21H23BBrClN2OS/c1-28-20-5-3-19(4-6-20)27-14-17-13-26(11-9-22(17)15-25)10-8-16-12-18(24)2-7-21(16)23/h2-7,12,17H,8-11,13-14H2,1H3. The predicted molar refractivity (Wildman–Crippen MR) is 123 cm³/mol. The fourth-order valence-corrected chi connectivity index (χ4v) is 4.59. The molecule has 3 nitrogen and oxygen atoms in total. The molecule has 0 aliphatic carbocycles. The van der Waals surface area contributed by atoms with Crippen LogP contribution >= 0.6 is 39.3 Å². The molecule has 3 rings (SSSR count). The maximum Gasteiger partial charge on any atom is 0.276 e. The first-order chi connectivity index (χ1) is 13.6. The Balaban J connectivity index is 1.55. The van der Waals surface area contributed by atoms with Gasteiger partial charge in [0.15, 0.2) is 0 Å². The minimum Gasteiger partial charge on any atom is -0.494 e. The monoisotopic (exact) mass is 476 g/mol. The summed E-state index contributed by atoms with van der Waals surface area (Å²) in [6.45, 7) is 3.43. The zero-order chi connectivity index (χ0) is 19.9. The van der Waals surface area contributed by atoms with E-state index in [1.54, 1.807) is 11.8 Å². The van der Waals surface area contributed by atoms with E-state index >= 15 is 0 Å². The Bertz CT molecular complexity index is 830. The molecule has 1 heterocycles. The minimum atomic E-state index is 0.0552. The summed E-state index contributed by atoms with van der Waals surface area (Å²) in [5.41, 5.74) is 1.22. The SMILES string of the molecule is CSc1ccc(OCC2CN(CCc3cc(Cl)ccc3Br)CCB2C#N)cc1. The van der Waals surface area contributed by atoms with Gasteiger partial charge < -0.3 is 9.64 Å². The lowest BCUT2D eigenvalue weighted by molar-refractivity contribution is 0.229. The molecule has 0 radical (unpaired) electrons. The fraction of sp³-hybridized carbons (Fsp3) is 0.381. The second-order valence-electron chi connectivity index (χ2n) is 7.06. The van der Waals surface area contributed by atoms with Crippen LogP contribution in [0.4, 0.5) is 0 Å². The van der Waals surface area contributed by atoms with Gasteiger partial charge in [0.25, 0.3) is 6.71 Å². The van der Waals surface area contributed by atoms with Crippen molar-refractivity contribution in [1.29, 1.82) is 5.26 Å². The first-order valence-corrected chi connectivity index (χ1v) is 11.8. The van der Waals surface area contributed by atoms with Crippen molar-refractivity contribution >= 4 is 46.0 Å². The number of halogens is 2. The first-order valence-electron chi connectivity index (χ1n) is 9.42. The van der Waals surface area contributed by atoms with Gasteiger partial charge in [-0.2, -0.15) is 0 Å². The lowest BCUT2D eigenvalue weighted by Gasteiger charge is -2.34. The van der Waals surface area contributed by atoms with Gasteiger partial charge in [0, 0.05) is 26.9 Å². The number of hydrogen-bond donors (Lipinski definition) is 0. The zero-order valence-electron chi connectivity index (χ0n) is 15.9. The summed E-state index contributed by atoms with van der Waals surface area (Å²) in [6.07, 6.45) is 3.89. The number of nitrogens with zero attached hydrogens (tertiary/aromatic N) is 2. The second-order valence-corrected chi connectivity index (χ2v) is 9.23. The number of hydrogen-bond acceptors (Lipinski definition) is 4. The summed E-state index contributed by atoms with van der Waals surface area (Å²) in [6, 6.07) is 14.1.